The highest BCUT2D eigenvalue weighted by molar-refractivity contribution is 5.94. The Morgan fingerprint density at radius 3 is 2.87 bits per heavy atom. The molecule has 2 rings (SSSR count). The number of halogens is 2. The highest BCUT2D eigenvalue weighted by Gasteiger charge is 2.25. The second kappa shape index (κ2) is 6.74. The Morgan fingerprint density at radius 2 is 2.26 bits per heavy atom. The van der Waals surface area contributed by atoms with Gasteiger partial charge < -0.3 is 15.2 Å². The van der Waals surface area contributed by atoms with Crippen LogP contribution in [-0.4, -0.2) is 34.0 Å². The summed E-state index contributed by atoms with van der Waals surface area (Å²) in [6, 6.07) is 5.44. The van der Waals surface area contributed by atoms with Gasteiger partial charge in [0.05, 0.1) is 12.7 Å². The summed E-state index contributed by atoms with van der Waals surface area (Å²) in [7, 11) is 1.71. The van der Waals surface area contributed by atoms with E-state index in [9.17, 15) is 18.7 Å². The topological polar surface area (TPSA) is 76.4 Å². The van der Waals surface area contributed by atoms with Crippen molar-refractivity contribution in [3.63, 3.8) is 0 Å². The Labute approximate surface area is 131 Å². The number of alkyl halides is 2. The van der Waals surface area contributed by atoms with Crippen LogP contribution in [0.3, 0.4) is 0 Å². The van der Waals surface area contributed by atoms with Crippen LogP contribution in [0, 0.1) is 0 Å². The molecule has 0 aliphatic carbocycles. The molecule has 0 radical (unpaired) electrons. The van der Waals surface area contributed by atoms with E-state index in [0.29, 0.717) is 5.56 Å². The standard InChI is InChI=1S/C15H17F2N3O3/c1-15(22,11-7-19-20(2)8-11)9-18-13(21)10-4-3-5-12(6-10)23-14(16)17/h3-8,14,22H,9H2,1-2H3,(H,18,21). The number of benzene rings is 1. The van der Waals surface area contributed by atoms with Crippen molar-refractivity contribution < 1.29 is 23.4 Å². The zero-order chi connectivity index (χ0) is 17.0. The number of amides is 1. The predicted octanol–water partition coefficient (Wildman–Crippen LogP) is 1.66. The van der Waals surface area contributed by atoms with Gasteiger partial charge in [-0.25, -0.2) is 0 Å². The van der Waals surface area contributed by atoms with Crippen LogP contribution in [0.5, 0.6) is 5.75 Å². The molecule has 0 aliphatic rings. The van der Waals surface area contributed by atoms with E-state index < -0.39 is 18.1 Å². The van der Waals surface area contributed by atoms with Gasteiger partial charge in [0, 0.05) is 24.4 Å². The Kier molecular flexibility index (Phi) is 4.95. The van der Waals surface area contributed by atoms with Crippen LogP contribution in [-0.2, 0) is 12.6 Å². The second-order valence-electron chi connectivity index (χ2n) is 5.27. The van der Waals surface area contributed by atoms with Crippen molar-refractivity contribution in [3.05, 3.63) is 47.8 Å². The molecule has 1 aromatic carbocycles. The Hall–Kier alpha value is -2.48. The molecule has 1 amide bonds. The molecule has 0 bridgehead atoms. The average molecular weight is 325 g/mol. The molecule has 124 valence electrons. The minimum atomic E-state index is -2.96. The number of carbonyl (C=O) groups is 1. The maximum absolute atomic E-state index is 12.2. The SMILES string of the molecule is Cn1cc(C(C)(O)CNC(=O)c2cccc(OC(F)F)c2)cn1. The number of carbonyl (C=O) groups excluding carboxylic acids is 1. The molecule has 1 heterocycles. The molecular formula is C15H17F2N3O3. The summed E-state index contributed by atoms with van der Waals surface area (Å²) >= 11 is 0. The maximum atomic E-state index is 12.2. The summed E-state index contributed by atoms with van der Waals surface area (Å²) in [5.41, 5.74) is -0.596. The summed E-state index contributed by atoms with van der Waals surface area (Å²) in [5, 5.41) is 16.9. The monoisotopic (exact) mass is 325 g/mol. The van der Waals surface area contributed by atoms with E-state index in [2.05, 4.69) is 15.2 Å². The van der Waals surface area contributed by atoms with Crippen LogP contribution >= 0.6 is 0 Å². The fourth-order valence-electron chi connectivity index (χ4n) is 1.97. The van der Waals surface area contributed by atoms with Gasteiger partial charge in [0.25, 0.3) is 5.91 Å². The van der Waals surface area contributed by atoms with Gasteiger partial charge in [0.2, 0.25) is 0 Å². The molecule has 0 saturated heterocycles. The summed E-state index contributed by atoms with van der Waals surface area (Å²) < 4.78 is 30.2. The van der Waals surface area contributed by atoms with Gasteiger partial charge in [-0.3, -0.25) is 9.48 Å². The van der Waals surface area contributed by atoms with Crippen molar-refractivity contribution in [2.24, 2.45) is 7.05 Å². The largest absolute Gasteiger partial charge is 0.435 e. The Balaban J connectivity index is 2.02. The molecule has 0 spiro atoms. The smallest absolute Gasteiger partial charge is 0.387 e. The lowest BCUT2D eigenvalue weighted by molar-refractivity contribution is -0.0498. The van der Waals surface area contributed by atoms with Crippen molar-refractivity contribution in [3.8, 4) is 5.75 Å². The maximum Gasteiger partial charge on any atom is 0.387 e. The first kappa shape index (κ1) is 16.9. The lowest BCUT2D eigenvalue weighted by Gasteiger charge is -2.22. The normalized spacial score (nSPS) is 13.7. The number of hydrogen-bond donors (Lipinski definition) is 2. The second-order valence-corrected chi connectivity index (χ2v) is 5.27. The third-order valence-corrected chi connectivity index (χ3v) is 3.24. The molecule has 2 aromatic rings. The average Bonchev–Trinajstić information content (AvgIpc) is 2.92. The quantitative estimate of drug-likeness (QED) is 0.847. The van der Waals surface area contributed by atoms with Crippen molar-refractivity contribution in [2.75, 3.05) is 6.54 Å². The van der Waals surface area contributed by atoms with Crippen LogP contribution in [0.25, 0.3) is 0 Å². The van der Waals surface area contributed by atoms with Gasteiger partial charge in [-0.05, 0) is 25.1 Å². The molecule has 8 heteroatoms. The molecule has 6 nitrogen and oxygen atoms in total. The third-order valence-electron chi connectivity index (χ3n) is 3.24. The Morgan fingerprint density at radius 1 is 1.52 bits per heavy atom. The lowest BCUT2D eigenvalue weighted by atomic mass is 9.99. The van der Waals surface area contributed by atoms with E-state index in [0.717, 1.165) is 0 Å². The number of aromatic nitrogens is 2. The highest BCUT2D eigenvalue weighted by Crippen LogP contribution is 2.19. The predicted molar refractivity (Wildman–Crippen MR) is 78.2 cm³/mol. The first-order chi connectivity index (χ1) is 10.8. The zero-order valence-corrected chi connectivity index (χ0v) is 12.7. The van der Waals surface area contributed by atoms with Crippen LogP contribution in [0.4, 0.5) is 8.78 Å². The van der Waals surface area contributed by atoms with E-state index in [-0.39, 0.29) is 17.9 Å². The molecule has 0 saturated carbocycles. The summed E-state index contributed by atoms with van der Waals surface area (Å²) in [6.45, 7) is -1.47. The highest BCUT2D eigenvalue weighted by atomic mass is 19.3. The van der Waals surface area contributed by atoms with E-state index in [1.807, 2.05) is 0 Å². The van der Waals surface area contributed by atoms with Crippen molar-refractivity contribution >= 4 is 5.91 Å². The van der Waals surface area contributed by atoms with E-state index >= 15 is 0 Å². The zero-order valence-electron chi connectivity index (χ0n) is 12.7. The van der Waals surface area contributed by atoms with Gasteiger partial charge in [-0.15, -0.1) is 0 Å². The van der Waals surface area contributed by atoms with Crippen LogP contribution in [0.15, 0.2) is 36.7 Å². The fourth-order valence-corrected chi connectivity index (χ4v) is 1.97. The minimum absolute atomic E-state index is 0.0581. The molecular weight excluding hydrogens is 308 g/mol. The van der Waals surface area contributed by atoms with Crippen LogP contribution < -0.4 is 10.1 Å². The lowest BCUT2D eigenvalue weighted by Crippen LogP contribution is -2.38. The first-order valence-electron chi connectivity index (χ1n) is 6.82. The number of ether oxygens (including phenoxy) is 1. The molecule has 23 heavy (non-hydrogen) atoms. The molecule has 0 aliphatic heterocycles. The molecule has 1 aromatic heterocycles. The number of hydrogen-bond acceptors (Lipinski definition) is 4. The summed E-state index contributed by atoms with van der Waals surface area (Å²) in [5.74, 6) is -0.611. The number of nitrogens with zero attached hydrogens (tertiary/aromatic N) is 2. The molecule has 0 fully saturated rings. The van der Waals surface area contributed by atoms with Gasteiger partial charge in [-0.2, -0.15) is 13.9 Å². The molecule has 1 atom stereocenters. The van der Waals surface area contributed by atoms with Crippen molar-refractivity contribution in [2.45, 2.75) is 19.1 Å². The first-order valence-corrected chi connectivity index (χ1v) is 6.82. The van der Waals surface area contributed by atoms with E-state index in [4.69, 9.17) is 0 Å². The van der Waals surface area contributed by atoms with Gasteiger partial charge in [0.15, 0.2) is 0 Å². The van der Waals surface area contributed by atoms with E-state index in [1.165, 1.54) is 35.1 Å². The van der Waals surface area contributed by atoms with Crippen molar-refractivity contribution in [1.82, 2.24) is 15.1 Å². The van der Waals surface area contributed by atoms with E-state index in [1.54, 1.807) is 20.2 Å². The number of nitrogens with one attached hydrogen (secondary N) is 1. The third kappa shape index (κ3) is 4.49. The summed E-state index contributed by atoms with van der Waals surface area (Å²) in [4.78, 5) is 12.1. The van der Waals surface area contributed by atoms with Crippen LogP contribution in [0.2, 0.25) is 0 Å². The van der Waals surface area contributed by atoms with Crippen LogP contribution in [0.1, 0.15) is 22.8 Å². The van der Waals surface area contributed by atoms with Gasteiger partial charge in [0.1, 0.15) is 11.4 Å². The number of rotatable bonds is 6. The van der Waals surface area contributed by atoms with Gasteiger partial charge in [-0.1, -0.05) is 6.07 Å². The molecule has 2 N–H and O–H groups in total. The number of aryl methyl sites for hydroxylation is 1. The fraction of sp³-hybridized carbons (Fsp3) is 0.333. The Bertz CT molecular complexity index is 686. The van der Waals surface area contributed by atoms with Crippen molar-refractivity contribution in [1.29, 1.82) is 0 Å². The molecule has 1 unspecified atom stereocenters. The minimum Gasteiger partial charge on any atom is -0.435 e. The number of aliphatic hydroxyl groups is 1. The van der Waals surface area contributed by atoms with Gasteiger partial charge >= 0.3 is 6.61 Å². The summed E-state index contributed by atoms with van der Waals surface area (Å²) in [6.07, 6.45) is 3.15.